The predicted molar refractivity (Wildman–Crippen MR) is 79.3 cm³/mol. The van der Waals surface area contributed by atoms with Gasteiger partial charge < -0.3 is 10.8 Å². The molecule has 0 atom stereocenters. The summed E-state index contributed by atoms with van der Waals surface area (Å²) in [5, 5.41) is 8.87. The number of aliphatic hydroxyl groups excluding tert-OH is 1. The van der Waals surface area contributed by atoms with Crippen molar-refractivity contribution in [1.82, 2.24) is 4.31 Å². The number of sulfonamides is 1. The van der Waals surface area contributed by atoms with Gasteiger partial charge in [0.25, 0.3) is 0 Å². The van der Waals surface area contributed by atoms with Crippen LogP contribution in [0.1, 0.15) is 20.3 Å². The normalized spacial score (nSPS) is 12.3. The topological polar surface area (TPSA) is 83.6 Å². The van der Waals surface area contributed by atoms with Crippen molar-refractivity contribution in [2.45, 2.75) is 31.2 Å². The van der Waals surface area contributed by atoms with Crippen LogP contribution in [0.3, 0.4) is 0 Å². The second-order valence-corrected chi connectivity index (χ2v) is 7.24. The van der Waals surface area contributed by atoms with E-state index in [1.54, 1.807) is 26.0 Å². The van der Waals surface area contributed by atoms with Crippen molar-refractivity contribution in [3.05, 3.63) is 22.7 Å². The Bertz CT molecular complexity index is 532. The van der Waals surface area contributed by atoms with E-state index in [1.165, 1.54) is 10.4 Å². The lowest BCUT2D eigenvalue weighted by Gasteiger charge is -2.26. The minimum Gasteiger partial charge on any atom is -0.398 e. The quantitative estimate of drug-likeness (QED) is 0.766. The molecule has 19 heavy (non-hydrogen) atoms. The molecular weight excluding hydrogens is 332 g/mol. The first kappa shape index (κ1) is 16.4. The molecular formula is C12H19BrN2O3S. The van der Waals surface area contributed by atoms with E-state index in [4.69, 9.17) is 10.8 Å². The smallest absolute Gasteiger partial charge is 0.245 e. The Hall–Kier alpha value is -0.630. The van der Waals surface area contributed by atoms with Crippen molar-refractivity contribution in [1.29, 1.82) is 0 Å². The van der Waals surface area contributed by atoms with E-state index in [-0.39, 0.29) is 29.8 Å². The molecule has 0 bridgehead atoms. The zero-order chi connectivity index (χ0) is 14.6. The molecule has 0 amide bonds. The molecule has 0 aliphatic carbocycles. The molecule has 0 radical (unpaired) electrons. The standard InChI is InChI=1S/C12H19BrN2O3S/c1-9(2)15(6-3-7-16)19(17,18)12-5-4-10(13)8-11(12)14/h4-5,8-9,16H,3,6-7,14H2,1-2H3. The molecule has 0 fully saturated rings. The lowest BCUT2D eigenvalue weighted by Crippen LogP contribution is -2.38. The third kappa shape index (κ3) is 3.92. The van der Waals surface area contributed by atoms with E-state index < -0.39 is 10.0 Å². The first-order valence-corrected chi connectivity index (χ1v) is 8.21. The minimum absolute atomic E-state index is 0.0471. The van der Waals surface area contributed by atoms with Gasteiger partial charge in [0, 0.05) is 23.7 Å². The first-order valence-electron chi connectivity index (χ1n) is 5.98. The molecule has 1 rings (SSSR count). The van der Waals surface area contributed by atoms with E-state index in [2.05, 4.69) is 15.9 Å². The summed E-state index contributed by atoms with van der Waals surface area (Å²) in [6.07, 6.45) is 0.397. The number of nitrogen functional groups attached to an aromatic ring is 1. The molecule has 0 unspecified atom stereocenters. The molecule has 0 aliphatic heterocycles. The Kier molecular flexibility index (Phi) is 5.79. The molecule has 1 aromatic carbocycles. The number of aliphatic hydroxyl groups is 1. The molecule has 1 aromatic rings. The van der Waals surface area contributed by atoms with E-state index >= 15 is 0 Å². The molecule has 0 saturated carbocycles. The number of benzene rings is 1. The lowest BCUT2D eigenvalue weighted by atomic mass is 10.3. The number of rotatable bonds is 6. The summed E-state index contributed by atoms with van der Waals surface area (Å²) in [6, 6.07) is 4.51. The van der Waals surface area contributed by atoms with E-state index in [0.717, 1.165) is 4.47 Å². The largest absolute Gasteiger partial charge is 0.398 e. The maximum atomic E-state index is 12.6. The highest BCUT2D eigenvalue weighted by atomic mass is 79.9. The number of hydrogen-bond acceptors (Lipinski definition) is 4. The highest BCUT2D eigenvalue weighted by molar-refractivity contribution is 9.10. The van der Waals surface area contributed by atoms with Crippen LogP contribution in [0.4, 0.5) is 5.69 Å². The number of hydrogen-bond donors (Lipinski definition) is 2. The lowest BCUT2D eigenvalue weighted by molar-refractivity contribution is 0.258. The van der Waals surface area contributed by atoms with Crippen molar-refractivity contribution in [3.8, 4) is 0 Å². The van der Waals surface area contributed by atoms with E-state index in [0.29, 0.717) is 6.42 Å². The molecule has 5 nitrogen and oxygen atoms in total. The van der Waals surface area contributed by atoms with Crippen LogP contribution in [0.25, 0.3) is 0 Å². The molecule has 0 aromatic heterocycles. The highest BCUT2D eigenvalue weighted by Gasteiger charge is 2.28. The fourth-order valence-corrected chi connectivity index (χ4v) is 3.92. The van der Waals surface area contributed by atoms with Gasteiger partial charge in [0.15, 0.2) is 0 Å². The van der Waals surface area contributed by atoms with Crippen LogP contribution >= 0.6 is 15.9 Å². The fourth-order valence-electron chi connectivity index (χ4n) is 1.76. The van der Waals surface area contributed by atoms with Crippen LogP contribution in [-0.4, -0.2) is 37.0 Å². The second kappa shape index (κ2) is 6.69. The van der Waals surface area contributed by atoms with Crippen molar-refractivity contribution in [2.24, 2.45) is 0 Å². The summed E-state index contributed by atoms with van der Waals surface area (Å²) in [7, 11) is -3.64. The molecule has 0 heterocycles. The van der Waals surface area contributed by atoms with Crippen LogP contribution in [-0.2, 0) is 10.0 Å². The van der Waals surface area contributed by atoms with Gasteiger partial charge in [0.05, 0.1) is 5.69 Å². The van der Waals surface area contributed by atoms with Crippen LogP contribution < -0.4 is 5.73 Å². The first-order chi connectivity index (χ1) is 8.80. The number of anilines is 1. The Morgan fingerprint density at radius 2 is 2.05 bits per heavy atom. The van der Waals surface area contributed by atoms with Gasteiger partial charge in [-0.25, -0.2) is 8.42 Å². The van der Waals surface area contributed by atoms with Gasteiger partial charge in [0.1, 0.15) is 4.90 Å². The summed E-state index contributed by atoms with van der Waals surface area (Å²) < 4.78 is 27.2. The number of halogens is 1. The maximum Gasteiger partial charge on any atom is 0.245 e. The van der Waals surface area contributed by atoms with Crippen molar-refractivity contribution < 1.29 is 13.5 Å². The Labute approximate surface area is 122 Å². The average Bonchev–Trinajstić information content (AvgIpc) is 2.27. The van der Waals surface area contributed by atoms with Crippen molar-refractivity contribution in [3.63, 3.8) is 0 Å². The minimum atomic E-state index is -3.64. The van der Waals surface area contributed by atoms with Gasteiger partial charge in [-0.3, -0.25) is 0 Å². The summed E-state index contributed by atoms with van der Waals surface area (Å²) in [4.78, 5) is 0.0994. The number of nitrogens with two attached hydrogens (primary N) is 1. The van der Waals surface area contributed by atoms with E-state index in [9.17, 15) is 8.42 Å². The van der Waals surface area contributed by atoms with Crippen molar-refractivity contribution in [2.75, 3.05) is 18.9 Å². The zero-order valence-electron chi connectivity index (χ0n) is 11.0. The van der Waals surface area contributed by atoms with E-state index in [1.807, 2.05) is 0 Å². The van der Waals surface area contributed by atoms with Crippen molar-refractivity contribution >= 4 is 31.6 Å². The van der Waals surface area contributed by atoms with Gasteiger partial charge >= 0.3 is 0 Å². The summed E-state index contributed by atoms with van der Waals surface area (Å²) in [5.41, 5.74) is 6.00. The zero-order valence-corrected chi connectivity index (χ0v) is 13.4. The SMILES string of the molecule is CC(C)N(CCCO)S(=O)(=O)c1ccc(Br)cc1N. The molecule has 3 N–H and O–H groups in total. The van der Waals surface area contributed by atoms with Gasteiger partial charge in [-0.2, -0.15) is 4.31 Å². The molecule has 108 valence electrons. The summed E-state index contributed by atoms with van der Waals surface area (Å²) in [6.45, 7) is 3.81. The third-order valence-electron chi connectivity index (χ3n) is 2.67. The molecule has 0 spiro atoms. The third-order valence-corrected chi connectivity index (χ3v) is 5.31. The molecule has 0 aliphatic rings. The van der Waals surface area contributed by atoms with Crippen LogP contribution in [0.15, 0.2) is 27.6 Å². The van der Waals surface area contributed by atoms with Crippen LogP contribution in [0.2, 0.25) is 0 Å². The van der Waals surface area contributed by atoms with Crippen LogP contribution in [0.5, 0.6) is 0 Å². The Balaban J connectivity index is 3.19. The Morgan fingerprint density at radius 1 is 1.42 bits per heavy atom. The highest BCUT2D eigenvalue weighted by Crippen LogP contribution is 2.26. The van der Waals surface area contributed by atoms with Gasteiger partial charge in [-0.15, -0.1) is 0 Å². The average molecular weight is 351 g/mol. The maximum absolute atomic E-state index is 12.6. The van der Waals surface area contributed by atoms with Gasteiger partial charge in [-0.1, -0.05) is 15.9 Å². The molecule has 7 heteroatoms. The fraction of sp³-hybridized carbons (Fsp3) is 0.500. The Morgan fingerprint density at radius 3 is 2.53 bits per heavy atom. The summed E-state index contributed by atoms with van der Waals surface area (Å²) in [5.74, 6) is 0. The van der Waals surface area contributed by atoms with Gasteiger partial charge in [-0.05, 0) is 38.5 Å². The molecule has 0 saturated heterocycles. The summed E-state index contributed by atoms with van der Waals surface area (Å²) >= 11 is 3.25. The second-order valence-electron chi connectivity index (χ2n) is 4.47. The van der Waals surface area contributed by atoms with Crippen LogP contribution in [0, 0.1) is 0 Å². The monoisotopic (exact) mass is 350 g/mol. The van der Waals surface area contributed by atoms with Gasteiger partial charge in [0.2, 0.25) is 10.0 Å². The predicted octanol–water partition coefficient (Wildman–Crippen LogP) is 1.81. The number of nitrogens with zero attached hydrogens (tertiary/aromatic N) is 1.